The van der Waals surface area contributed by atoms with Gasteiger partial charge in [0.05, 0.1) is 19.8 Å². The summed E-state index contributed by atoms with van der Waals surface area (Å²) in [7, 11) is 0. The fraction of sp³-hybridized carbons (Fsp3) is 0.545. The second kappa shape index (κ2) is 16.2. The van der Waals surface area contributed by atoms with Gasteiger partial charge in [0.25, 0.3) is 0 Å². The number of benzene rings is 2. The molecule has 0 unspecified atom stereocenters. The second-order valence-electron chi connectivity index (χ2n) is 12.9. The minimum absolute atomic E-state index is 0.0925. The molecule has 2 aromatic carbocycles. The van der Waals surface area contributed by atoms with Gasteiger partial charge in [-0.1, -0.05) is 0 Å². The number of aromatic hydroxyl groups is 3. The summed E-state index contributed by atoms with van der Waals surface area (Å²) in [4.78, 5) is 14.0. The van der Waals surface area contributed by atoms with Gasteiger partial charge in [-0.15, -0.1) is 0 Å². The molecule has 0 bridgehead atoms. The van der Waals surface area contributed by atoms with Gasteiger partial charge in [-0.3, -0.25) is 4.79 Å². The normalized spacial score (nSPS) is 37.3. The maximum atomic E-state index is 14.0. The van der Waals surface area contributed by atoms with Crippen LogP contribution in [0.4, 0.5) is 0 Å². The first-order valence-electron chi connectivity index (χ1n) is 16.5. The van der Waals surface area contributed by atoms with Crippen molar-refractivity contribution in [2.75, 3.05) is 19.8 Å². The molecule has 0 saturated carbocycles. The van der Waals surface area contributed by atoms with Crippen molar-refractivity contribution < 1.29 is 99.2 Å². The van der Waals surface area contributed by atoms with E-state index in [9.17, 15) is 71.2 Å². The molecule has 3 aliphatic heterocycles. The van der Waals surface area contributed by atoms with Gasteiger partial charge in [0.2, 0.25) is 17.5 Å². The molecule has 0 spiro atoms. The fourth-order valence-corrected chi connectivity index (χ4v) is 6.31. The summed E-state index contributed by atoms with van der Waals surface area (Å²) in [6.45, 7) is -2.42. The lowest BCUT2D eigenvalue weighted by molar-refractivity contribution is -0.363. The lowest BCUT2D eigenvalue weighted by atomic mass is 9.97. The molecule has 0 amide bonds. The Hall–Kier alpha value is -3.75. The Morgan fingerprint density at radius 3 is 1.78 bits per heavy atom. The van der Waals surface area contributed by atoms with E-state index in [2.05, 4.69) is 0 Å². The molecule has 0 aliphatic carbocycles. The zero-order valence-electron chi connectivity index (χ0n) is 27.8. The molecule has 3 aromatic rings. The van der Waals surface area contributed by atoms with E-state index in [1.54, 1.807) is 0 Å². The number of phenols is 3. The van der Waals surface area contributed by atoms with Crippen molar-refractivity contribution in [3.8, 4) is 34.3 Å². The van der Waals surface area contributed by atoms with E-state index in [-0.39, 0.29) is 22.7 Å². The third-order valence-electron chi connectivity index (χ3n) is 9.34. The van der Waals surface area contributed by atoms with Crippen LogP contribution in [0.3, 0.4) is 0 Å². The van der Waals surface area contributed by atoms with Crippen molar-refractivity contribution in [3.63, 3.8) is 0 Å². The molecule has 4 heterocycles. The largest absolute Gasteiger partial charge is 0.508 e. The average molecular weight is 773 g/mol. The Morgan fingerprint density at radius 2 is 1.17 bits per heavy atom. The summed E-state index contributed by atoms with van der Waals surface area (Å²) in [5, 5.41) is 134. The third kappa shape index (κ3) is 7.58. The molecular formula is C33H40O21. The highest BCUT2D eigenvalue weighted by molar-refractivity contribution is 5.88. The van der Waals surface area contributed by atoms with Crippen LogP contribution >= 0.6 is 0 Å². The maximum absolute atomic E-state index is 14.0. The van der Waals surface area contributed by atoms with Crippen LogP contribution in [0, 0.1) is 0 Å². The van der Waals surface area contributed by atoms with E-state index < -0.39 is 140 Å². The van der Waals surface area contributed by atoms with E-state index in [0.717, 1.165) is 12.1 Å². The van der Waals surface area contributed by atoms with Crippen LogP contribution in [-0.2, 0) is 23.7 Å². The molecule has 298 valence electrons. The number of aliphatic hydroxyl groups is 10. The number of ether oxygens (including phenoxy) is 6. The third-order valence-corrected chi connectivity index (χ3v) is 9.34. The van der Waals surface area contributed by atoms with Crippen molar-refractivity contribution >= 4 is 11.0 Å². The first-order chi connectivity index (χ1) is 25.6. The van der Waals surface area contributed by atoms with E-state index in [1.807, 2.05) is 0 Å². The summed E-state index contributed by atoms with van der Waals surface area (Å²) < 4.78 is 39.8. The average Bonchev–Trinajstić information content (AvgIpc) is 3.14. The molecule has 21 nitrogen and oxygen atoms in total. The summed E-state index contributed by atoms with van der Waals surface area (Å²) in [6.07, 6.45) is -27.5. The predicted molar refractivity (Wildman–Crippen MR) is 173 cm³/mol. The lowest BCUT2D eigenvalue weighted by Gasteiger charge is -2.46. The summed E-state index contributed by atoms with van der Waals surface area (Å²) in [6, 6.07) is 6.97. The SMILES string of the molecule is O=c1c(O[C@@H]2O[C@H](CO[C@@H]3O[C@H](CO)[C@@H](O)[C@H](O)[C@H]3O)[C@@H](O)[C@H](O)[C@H]2O[C@@H]2O[C@H](CO)[C@@H](O)[C@@H](O)[C@H]2O)c(-c2ccc(O)cc2)oc2cc(O)cc(O)c12. The van der Waals surface area contributed by atoms with Crippen LogP contribution in [-0.4, -0.2) is 178 Å². The molecule has 15 atom stereocenters. The summed E-state index contributed by atoms with van der Waals surface area (Å²) >= 11 is 0. The molecule has 0 radical (unpaired) electrons. The standard InChI is InChI=1S/C33H40O21/c34-7-15-19(39)23(43)26(46)31(50-15)48-9-17-21(41)25(45)30(54-32-27(47)24(44)20(40)16(8-35)51-32)33(52-17)53-29-22(42)18-13(38)5-12(37)6-14(18)49-28(29)10-1-3-11(36)4-2-10/h1-6,15-17,19-21,23-27,30-41,43-47H,7-9H2/t15-,16-,17-,19-,20-,21-,23+,24-,25+,26-,27-,30-,31-,32+,33+/m1/s1. The highest BCUT2D eigenvalue weighted by Gasteiger charge is 2.53. The van der Waals surface area contributed by atoms with Crippen LogP contribution in [0.5, 0.6) is 23.0 Å². The number of hydrogen-bond donors (Lipinski definition) is 13. The van der Waals surface area contributed by atoms with Crippen LogP contribution in [0.15, 0.2) is 45.6 Å². The maximum Gasteiger partial charge on any atom is 0.239 e. The Bertz CT molecular complexity index is 1800. The number of hydrogen-bond acceptors (Lipinski definition) is 21. The summed E-state index contributed by atoms with van der Waals surface area (Å²) in [5.74, 6) is -2.49. The van der Waals surface area contributed by atoms with Gasteiger partial charge in [-0.2, -0.15) is 0 Å². The number of phenolic OH excluding ortho intramolecular Hbond substituents is 3. The highest BCUT2D eigenvalue weighted by atomic mass is 16.8. The number of rotatable bonds is 10. The molecule has 54 heavy (non-hydrogen) atoms. The van der Waals surface area contributed by atoms with Gasteiger partial charge < -0.3 is 99.2 Å². The highest BCUT2D eigenvalue weighted by Crippen LogP contribution is 2.38. The van der Waals surface area contributed by atoms with E-state index >= 15 is 0 Å². The van der Waals surface area contributed by atoms with Gasteiger partial charge in [0.1, 0.15) is 95.4 Å². The fourth-order valence-electron chi connectivity index (χ4n) is 6.31. The number of fused-ring (bicyclic) bond motifs is 1. The summed E-state index contributed by atoms with van der Waals surface area (Å²) in [5.41, 5.74) is -1.29. The van der Waals surface area contributed by atoms with Gasteiger partial charge in [0.15, 0.2) is 24.4 Å². The van der Waals surface area contributed by atoms with E-state index in [0.29, 0.717) is 0 Å². The van der Waals surface area contributed by atoms with Crippen molar-refractivity contribution in [2.45, 2.75) is 92.1 Å². The molecule has 21 heteroatoms. The van der Waals surface area contributed by atoms with Gasteiger partial charge in [-0.05, 0) is 24.3 Å². The molecule has 3 saturated heterocycles. The first kappa shape index (κ1) is 39.9. The number of aliphatic hydroxyl groups excluding tert-OH is 10. The molecule has 13 N–H and O–H groups in total. The van der Waals surface area contributed by atoms with Crippen molar-refractivity contribution in [3.05, 3.63) is 46.6 Å². The first-order valence-corrected chi connectivity index (χ1v) is 16.5. The minimum atomic E-state index is -2.10. The van der Waals surface area contributed by atoms with Crippen LogP contribution in [0.2, 0.25) is 0 Å². The topological polar surface area (TPSA) is 349 Å². The zero-order valence-corrected chi connectivity index (χ0v) is 27.8. The van der Waals surface area contributed by atoms with Crippen molar-refractivity contribution in [1.82, 2.24) is 0 Å². The Labute approximate surface area is 303 Å². The van der Waals surface area contributed by atoms with Gasteiger partial charge in [-0.25, -0.2) is 0 Å². The van der Waals surface area contributed by atoms with Crippen molar-refractivity contribution in [1.29, 1.82) is 0 Å². The van der Waals surface area contributed by atoms with Crippen molar-refractivity contribution in [2.24, 2.45) is 0 Å². The van der Waals surface area contributed by atoms with Gasteiger partial charge in [0, 0.05) is 17.7 Å². The molecule has 1 aromatic heterocycles. The zero-order chi connectivity index (χ0) is 39.2. The Morgan fingerprint density at radius 1 is 0.611 bits per heavy atom. The van der Waals surface area contributed by atoms with Crippen LogP contribution < -0.4 is 10.2 Å². The smallest absolute Gasteiger partial charge is 0.239 e. The minimum Gasteiger partial charge on any atom is -0.508 e. The molecule has 6 rings (SSSR count). The molecule has 3 aliphatic rings. The van der Waals surface area contributed by atoms with E-state index in [4.69, 9.17) is 32.8 Å². The van der Waals surface area contributed by atoms with E-state index in [1.165, 1.54) is 24.3 Å². The lowest BCUT2D eigenvalue weighted by Crippen LogP contribution is -2.65. The monoisotopic (exact) mass is 772 g/mol. The Balaban J connectivity index is 1.38. The van der Waals surface area contributed by atoms with Crippen LogP contribution in [0.25, 0.3) is 22.3 Å². The Kier molecular flexibility index (Phi) is 11.9. The van der Waals surface area contributed by atoms with Gasteiger partial charge >= 0.3 is 0 Å². The quantitative estimate of drug-likeness (QED) is 0.0922. The molecular weight excluding hydrogens is 732 g/mol. The molecule has 3 fully saturated rings. The second-order valence-corrected chi connectivity index (χ2v) is 12.9. The van der Waals surface area contributed by atoms with Crippen LogP contribution in [0.1, 0.15) is 0 Å². The predicted octanol–water partition coefficient (Wildman–Crippen LogP) is -4.60.